The molecule has 24 heavy (non-hydrogen) atoms. The summed E-state index contributed by atoms with van der Waals surface area (Å²) in [5.41, 5.74) is 0.842. The molecule has 0 radical (unpaired) electrons. The molecule has 1 aromatic heterocycles. The topological polar surface area (TPSA) is 83.4 Å². The molecule has 126 valence electrons. The smallest absolute Gasteiger partial charge is 0.323 e. The molecule has 0 fully saturated rings. The summed E-state index contributed by atoms with van der Waals surface area (Å²) in [6.45, 7) is 3.52. The molecule has 0 aliphatic carbocycles. The molecule has 0 atom stereocenters. The average Bonchev–Trinajstić information content (AvgIpc) is 2.54. The minimum Gasteiger partial charge on any atom is -0.480 e. The van der Waals surface area contributed by atoms with Crippen molar-refractivity contribution in [2.24, 2.45) is 0 Å². The van der Waals surface area contributed by atoms with Crippen LogP contribution < -0.4 is 0 Å². The zero-order chi connectivity index (χ0) is 17.7. The van der Waals surface area contributed by atoms with Gasteiger partial charge in [-0.3, -0.25) is 9.59 Å². The number of nitrogens with zero attached hydrogens (tertiary/aromatic N) is 3. The van der Waals surface area contributed by atoms with Gasteiger partial charge in [0.15, 0.2) is 5.69 Å². The van der Waals surface area contributed by atoms with Crippen molar-refractivity contribution in [1.29, 1.82) is 0 Å². The van der Waals surface area contributed by atoms with Crippen molar-refractivity contribution in [2.45, 2.75) is 26.3 Å². The van der Waals surface area contributed by atoms with Crippen LogP contribution in [0.1, 0.15) is 41.6 Å². The minimum atomic E-state index is -1.10. The van der Waals surface area contributed by atoms with E-state index in [4.69, 9.17) is 16.7 Å². The third-order valence-corrected chi connectivity index (χ3v) is 3.59. The van der Waals surface area contributed by atoms with Gasteiger partial charge in [-0.1, -0.05) is 55.8 Å². The van der Waals surface area contributed by atoms with Crippen LogP contribution in [0.15, 0.2) is 36.5 Å². The van der Waals surface area contributed by atoms with E-state index >= 15 is 0 Å². The minimum absolute atomic E-state index is 0.0209. The molecule has 2 aromatic rings. The molecule has 1 heterocycles. The van der Waals surface area contributed by atoms with Gasteiger partial charge in [-0.15, -0.1) is 0 Å². The number of carboxylic acid groups (broad SMARTS) is 1. The van der Waals surface area contributed by atoms with E-state index in [-0.39, 0.29) is 23.2 Å². The summed E-state index contributed by atoms with van der Waals surface area (Å²) >= 11 is 6.06. The van der Waals surface area contributed by atoms with E-state index in [0.717, 1.165) is 5.56 Å². The number of aromatic nitrogens is 2. The first-order valence-corrected chi connectivity index (χ1v) is 7.83. The summed E-state index contributed by atoms with van der Waals surface area (Å²) in [5, 5.41) is 9.21. The fourth-order valence-corrected chi connectivity index (χ4v) is 2.30. The number of amides is 1. The lowest BCUT2D eigenvalue weighted by atomic mass is 10.2. The van der Waals surface area contributed by atoms with Crippen LogP contribution in [0.4, 0.5) is 0 Å². The molecule has 1 aromatic carbocycles. The molecular formula is C17H18ClN3O3. The number of halogens is 1. The molecule has 1 amide bonds. The number of benzene rings is 1. The first-order chi connectivity index (χ1) is 11.4. The molecule has 0 aliphatic rings. The first kappa shape index (κ1) is 17.9. The Kier molecular flexibility index (Phi) is 5.87. The van der Waals surface area contributed by atoms with Crippen LogP contribution in [-0.2, 0) is 11.3 Å². The lowest BCUT2D eigenvalue weighted by molar-refractivity contribution is -0.137. The normalized spacial score (nSPS) is 10.7. The monoisotopic (exact) mass is 347 g/mol. The number of hydrogen-bond acceptors (Lipinski definition) is 4. The molecule has 0 spiro atoms. The Morgan fingerprint density at radius 2 is 1.92 bits per heavy atom. The number of rotatable bonds is 6. The third-order valence-electron chi connectivity index (χ3n) is 3.31. The fourth-order valence-electron chi connectivity index (χ4n) is 2.13. The molecule has 6 nitrogen and oxygen atoms in total. The Balaban J connectivity index is 2.33. The van der Waals surface area contributed by atoms with Crippen molar-refractivity contribution in [3.63, 3.8) is 0 Å². The number of carbonyl (C=O) groups is 2. The number of carboxylic acids is 1. The largest absolute Gasteiger partial charge is 0.480 e. The van der Waals surface area contributed by atoms with Gasteiger partial charge in [-0.25, -0.2) is 9.97 Å². The SMILES string of the molecule is CC(C)c1ncc(Cl)c(C(=O)N(CC(=O)O)Cc2ccccc2)n1. The van der Waals surface area contributed by atoms with Crippen molar-refractivity contribution >= 4 is 23.5 Å². The van der Waals surface area contributed by atoms with Crippen molar-refractivity contribution in [1.82, 2.24) is 14.9 Å². The van der Waals surface area contributed by atoms with E-state index in [1.54, 1.807) is 0 Å². The maximum absolute atomic E-state index is 12.8. The summed E-state index contributed by atoms with van der Waals surface area (Å²) in [7, 11) is 0. The summed E-state index contributed by atoms with van der Waals surface area (Å²) in [4.78, 5) is 33.4. The lowest BCUT2D eigenvalue weighted by Crippen LogP contribution is -2.36. The number of carbonyl (C=O) groups excluding carboxylic acids is 1. The highest BCUT2D eigenvalue weighted by atomic mass is 35.5. The van der Waals surface area contributed by atoms with Crippen LogP contribution in [0.25, 0.3) is 0 Å². The molecule has 1 N–H and O–H groups in total. The van der Waals surface area contributed by atoms with E-state index in [0.29, 0.717) is 5.82 Å². The third kappa shape index (κ3) is 4.52. The Hall–Kier alpha value is -2.47. The van der Waals surface area contributed by atoms with Gasteiger partial charge in [0.25, 0.3) is 5.91 Å². The van der Waals surface area contributed by atoms with Gasteiger partial charge in [0.2, 0.25) is 0 Å². The summed E-state index contributed by atoms with van der Waals surface area (Å²) in [6, 6.07) is 9.15. The second-order valence-electron chi connectivity index (χ2n) is 5.62. The van der Waals surface area contributed by atoms with Crippen LogP contribution in [0.5, 0.6) is 0 Å². The van der Waals surface area contributed by atoms with Crippen LogP contribution in [0, 0.1) is 0 Å². The van der Waals surface area contributed by atoms with E-state index in [1.807, 2.05) is 44.2 Å². The van der Waals surface area contributed by atoms with Crippen molar-refractivity contribution in [3.05, 3.63) is 58.6 Å². The average molecular weight is 348 g/mol. The van der Waals surface area contributed by atoms with Gasteiger partial charge in [0.05, 0.1) is 11.2 Å². The molecule has 7 heteroatoms. The van der Waals surface area contributed by atoms with Gasteiger partial charge in [-0.05, 0) is 5.56 Å². The van der Waals surface area contributed by atoms with Crippen LogP contribution in [0.2, 0.25) is 5.02 Å². The highest BCUT2D eigenvalue weighted by molar-refractivity contribution is 6.33. The summed E-state index contributed by atoms with van der Waals surface area (Å²) in [6.07, 6.45) is 1.37. The van der Waals surface area contributed by atoms with E-state index in [9.17, 15) is 9.59 Å². The predicted octanol–water partition coefficient (Wildman–Crippen LogP) is 2.98. The number of hydrogen-bond donors (Lipinski definition) is 1. The van der Waals surface area contributed by atoms with E-state index < -0.39 is 18.4 Å². The van der Waals surface area contributed by atoms with E-state index in [1.165, 1.54) is 11.1 Å². The zero-order valence-corrected chi connectivity index (χ0v) is 14.2. The lowest BCUT2D eigenvalue weighted by Gasteiger charge is -2.21. The van der Waals surface area contributed by atoms with Gasteiger partial charge in [0.1, 0.15) is 12.4 Å². The van der Waals surface area contributed by atoms with Crippen molar-refractivity contribution in [2.75, 3.05) is 6.54 Å². The Bertz CT molecular complexity index is 735. The van der Waals surface area contributed by atoms with Crippen LogP contribution in [-0.4, -0.2) is 38.4 Å². The van der Waals surface area contributed by atoms with Gasteiger partial charge < -0.3 is 10.0 Å². The molecule has 0 aliphatic heterocycles. The molecule has 0 bridgehead atoms. The molecule has 0 saturated heterocycles. The van der Waals surface area contributed by atoms with Gasteiger partial charge in [0, 0.05) is 12.5 Å². The highest BCUT2D eigenvalue weighted by Crippen LogP contribution is 2.19. The Morgan fingerprint density at radius 3 is 2.50 bits per heavy atom. The number of aliphatic carboxylic acids is 1. The Labute approximate surface area is 145 Å². The summed E-state index contributed by atoms with van der Waals surface area (Å²) < 4.78 is 0. The van der Waals surface area contributed by atoms with Gasteiger partial charge in [-0.2, -0.15) is 0 Å². The van der Waals surface area contributed by atoms with Crippen molar-refractivity contribution < 1.29 is 14.7 Å². The molecule has 2 rings (SSSR count). The van der Waals surface area contributed by atoms with E-state index in [2.05, 4.69) is 9.97 Å². The van der Waals surface area contributed by atoms with Crippen LogP contribution in [0.3, 0.4) is 0 Å². The standard InChI is InChI=1S/C17H18ClN3O3/c1-11(2)16-19-8-13(18)15(20-16)17(24)21(10-14(22)23)9-12-6-4-3-5-7-12/h3-8,11H,9-10H2,1-2H3,(H,22,23). The van der Waals surface area contributed by atoms with Crippen LogP contribution >= 0.6 is 11.6 Å². The Morgan fingerprint density at radius 1 is 1.25 bits per heavy atom. The maximum Gasteiger partial charge on any atom is 0.323 e. The van der Waals surface area contributed by atoms with Crippen molar-refractivity contribution in [3.8, 4) is 0 Å². The quantitative estimate of drug-likeness (QED) is 0.868. The predicted molar refractivity (Wildman–Crippen MR) is 89.9 cm³/mol. The second-order valence-corrected chi connectivity index (χ2v) is 6.03. The maximum atomic E-state index is 12.8. The molecule has 0 saturated carbocycles. The highest BCUT2D eigenvalue weighted by Gasteiger charge is 2.23. The zero-order valence-electron chi connectivity index (χ0n) is 13.4. The molecule has 0 unspecified atom stereocenters. The second kappa shape index (κ2) is 7.88. The fraction of sp³-hybridized carbons (Fsp3) is 0.294. The van der Waals surface area contributed by atoms with Gasteiger partial charge >= 0.3 is 5.97 Å². The first-order valence-electron chi connectivity index (χ1n) is 7.46. The summed E-state index contributed by atoms with van der Waals surface area (Å²) in [5.74, 6) is -1.13. The molecular weight excluding hydrogens is 330 g/mol.